The zero-order valence-electron chi connectivity index (χ0n) is 14.2. The van der Waals surface area contributed by atoms with Crippen LogP contribution in [0, 0.1) is 6.92 Å². The van der Waals surface area contributed by atoms with Gasteiger partial charge in [0.1, 0.15) is 0 Å². The Morgan fingerprint density at radius 2 is 1.76 bits per heavy atom. The van der Waals surface area contributed by atoms with Crippen LogP contribution in [0.1, 0.15) is 5.56 Å². The van der Waals surface area contributed by atoms with Gasteiger partial charge in [-0.3, -0.25) is 4.79 Å². The number of nitrogens with two attached hydrogens (primary N) is 1. The number of hydrogen-bond donors (Lipinski definition) is 2. The smallest absolute Gasteiger partial charge is 0.236 e. The van der Waals surface area contributed by atoms with E-state index in [2.05, 4.69) is 5.32 Å². The number of primary amides is 1. The highest BCUT2D eigenvalue weighted by Crippen LogP contribution is 2.34. The van der Waals surface area contributed by atoms with Gasteiger partial charge in [-0.15, -0.1) is 0 Å². The zero-order chi connectivity index (χ0) is 18.6. The predicted octanol–water partition coefficient (Wildman–Crippen LogP) is 1.74. The van der Waals surface area contributed by atoms with Crippen molar-refractivity contribution in [1.29, 1.82) is 0 Å². The number of carbonyl (C=O) groups is 1. The molecule has 1 amide bonds. The van der Waals surface area contributed by atoms with Gasteiger partial charge in [0.25, 0.3) is 0 Å². The van der Waals surface area contributed by atoms with Crippen molar-refractivity contribution in [3.63, 3.8) is 0 Å². The average molecular weight is 364 g/mol. The van der Waals surface area contributed by atoms with Crippen LogP contribution in [0.15, 0.2) is 46.2 Å². The molecular formula is C17H20N2O5S. The van der Waals surface area contributed by atoms with Gasteiger partial charge in [0.05, 0.1) is 36.2 Å². The van der Waals surface area contributed by atoms with Crippen molar-refractivity contribution < 1.29 is 22.7 Å². The largest absolute Gasteiger partial charge is 0.493 e. The van der Waals surface area contributed by atoms with Gasteiger partial charge < -0.3 is 20.5 Å². The van der Waals surface area contributed by atoms with Gasteiger partial charge in [-0.05, 0) is 36.8 Å². The highest BCUT2D eigenvalue weighted by molar-refractivity contribution is 7.91. The number of sulfone groups is 1. The van der Waals surface area contributed by atoms with E-state index in [-0.39, 0.29) is 16.3 Å². The third-order valence-electron chi connectivity index (χ3n) is 3.55. The van der Waals surface area contributed by atoms with Crippen molar-refractivity contribution in [2.75, 3.05) is 26.1 Å². The minimum Gasteiger partial charge on any atom is -0.493 e. The summed E-state index contributed by atoms with van der Waals surface area (Å²) in [6, 6.07) is 9.25. The Kier molecular flexibility index (Phi) is 5.53. The molecule has 0 aliphatic heterocycles. The first-order chi connectivity index (χ1) is 11.8. The topological polar surface area (TPSA) is 108 Å². The van der Waals surface area contributed by atoms with Crippen molar-refractivity contribution in [3.05, 3.63) is 42.0 Å². The Hall–Kier alpha value is -2.74. The maximum atomic E-state index is 13.1. The summed E-state index contributed by atoms with van der Waals surface area (Å²) in [5, 5.41) is 2.76. The summed E-state index contributed by atoms with van der Waals surface area (Å²) in [5.41, 5.74) is 6.20. The number of ether oxygens (including phenoxy) is 2. The van der Waals surface area contributed by atoms with Gasteiger partial charge in [0, 0.05) is 6.07 Å². The maximum Gasteiger partial charge on any atom is 0.236 e. The predicted molar refractivity (Wildman–Crippen MR) is 93.9 cm³/mol. The number of nitrogens with one attached hydrogen (secondary N) is 1. The van der Waals surface area contributed by atoms with Crippen LogP contribution in [0.4, 0.5) is 5.69 Å². The van der Waals surface area contributed by atoms with E-state index in [1.807, 2.05) is 0 Å². The van der Waals surface area contributed by atoms with Crippen LogP contribution in [0.2, 0.25) is 0 Å². The number of rotatable bonds is 7. The van der Waals surface area contributed by atoms with Gasteiger partial charge >= 0.3 is 0 Å². The molecule has 2 aromatic carbocycles. The zero-order valence-corrected chi connectivity index (χ0v) is 15.0. The number of aryl methyl sites for hydroxylation is 1. The molecule has 0 aliphatic carbocycles. The fourth-order valence-electron chi connectivity index (χ4n) is 2.29. The second-order valence-electron chi connectivity index (χ2n) is 5.34. The van der Waals surface area contributed by atoms with E-state index >= 15 is 0 Å². The van der Waals surface area contributed by atoms with Crippen molar-refractivity contribution in [1.82, 2.24) is 0 Å². The van der Waals surface area contributed by atoms with Crippen LogP contribution in [-0.4, -0.2) is 35.1 Å². The summed E-state index contributed by atoms with van der Waals surface area (Å²) in [6.45, 7) is 1.61. The van der Waals surface area contributed by atoms with Crippen LogP contribution in [0.25, 0.3) is 0 Å². The van der Waals surface area contributed by atoms with Gasteiger partial charge in [-0.1, -0.05) is 6.07 Å². The molecule has 2 rings (SSSR count). The molecule has 3 N–H and O–H groups in total. The highest BCUT2D eigenvalue weighted by atomic mass is 32.2. The fourth-order valence-corrected chi connectivity index (χ4v) is 3.83. The molecule has 0 aliphatic rings. The van der Waals surface area contributed by atoms with Gasteiger partial charge in [-0.2, -0.15) is 0 Å². The van der Waals surface area contributed by atoms with Crippen molar-refractivity contribution in [2.24, 2.45) is 5.73 Å². The normalized spacial score (nSPS) is 11.0. The summed E-state index contributed by atoms with van der Waals surface area (Å²) in [5.74, 6) is 0.149. The Labute approximate surface area is 146 Å². The quantitative estimate of drug-likeness (QED) is 0.775. The van der Waals surface area contributed by atoms with Crippen LogP contribution >= 0.6 is 0 Å². The van der Waals surface area contributed by atoms with Gasteiger partial charge in [0.15, 0.2) is 11.5 Å². The van der Waals surface area contributed by atoms with Gasteiger partial charge in [-0.25, -0.2) is 8.42 Å². The molecule has 0 saturated carbocycles. The third kappa shape index (κ3) is 4.03. The third-order valence-corrected chi connectivity index (χ3v) is 5.34. The van der Waals surface area contributed by atoms with Crippen LogP contribution in [0.3, 0.4) is 0 Å². The fraction of sp³-hybridized carbons (Fsp3) is 0.235. The van der Waals surface area contributed by atoms with E-state index in [4.69, 9.17) is 15.2 Å². The number of hydrogen-bond acceptors (Lipinski definition) is 6. The molecule has 0 saturated heterocycles. The first-order valence-electron chi connectivity index (χ1n) is 7.39. The number of amides is 1. The highest BCUT2D eigenvalue weighted by Gasteiger charge is 2.23. The molecule has 0 unspecified atom stereocenters. The maximum absolute atomic E-state index is 13.1. The lowest BCUT2D eigenvalue weighted by Crippen LogP contribution is -2.22. The second kappa shape index (κ2) is 7.43. The standard InChI is InChI=1S/C17H20N2O5S/c1-11-4-6-13(19-10-17(18)20)16(8-11)25(21,22)12-5-7-14(23-2)15(9-12)24-3/h4-9,19H,10H2,1-3H3,(H2,18,20). The monoisotopic (exact) mass is 364 g/mol. The molecule has 0 heterocycles. The second-order valence-corrected chi connectivity index (χ2v) is 7.26. The van der Waals surface area contributed by atoms with E-state index in [9.17, 15) is 13.2 Å². The molecule has 0 aromatic heterocycles. The first-order valence-corrected chi connectivity index (χ1v) is 8.88. The van der Waals surface area contributed by atoms with Crippen LogP contribution < -0.4 is 20.5 Å². The Balaban J connectivity index is 2.56. The summed E-state index contributed by atoms with van der Waals surface area (Å²) < 4.78 is 36.4. The minimum atomic E-state index is -3.85. The average Bonchev–Trinajstić information content (AvgIpc) is 2.59. The summed E-state index contributed by atoms with van der Waals surface area (Å²) in [4.78, 5) is 11.1. The number of benzene rings is 2. The van der Waals surface area contributed by atoms with Gasteiger partial charge in [0.2, 0.25) is 15.7 Å². The Morgan fingerprint density at radius 1 is 1.08 bits per heavy atom. The number of methoxy groups -OCH3 is 2. The molecule has 0 bridgehead atoms. The van der Waals surface area contributed by atoms with Crippen LogP contribution in [-0.2, 0) is 14.6 Å². The van der Waals surface area contributed by atoms with E-state index in [0.717, 1.165) is 5.56 Å². The van der Waals surface area contributed by atoms with Crippen molar-refractivity contribution in [2.45, 2.75) is 16.7 Å². The SMILES string of the molecule is COc1ccc(S(=O)(=O)c2cc(C)ccc2NCC(N)=O)cc1OC. The molecule has 0 radical (unpaired) electrons. The van der Waals surface area contributed by atoms with E-state index < -0.39 is 15.7 Å². The minimum absolute atomic E-state index is 0.0536. The van der Waals surface area contributed by atoms with E-state index in [1.54, 1.807) is 19.1 Å². The molecule has 7 nitrogen and oxygen atoms in total. The molecule has 0 atom stereocenters. The van der Waals surface area contributed by atoms with E-state index in [0.29, 0.717) is 17.2 Å². The summed E-state index contributed by atoms with van der Waals surface area (Å²) in [7, 11) is -0.946. The Bertz CT molecular complexity index is 894. The van der Waals surface area contributed by atoms with Crippen LogP contribution in [0.5, 0.6) is 11.5 Å². The molecule has 25 heavy (non-hydrogen) atoms. The molecule has 134 valence electrons. The first kappa shape index (κ1) is 18.6. The van der Waals surface area contributed by atoms with Crippen molar-refractivity contribution in [3.8, 4) is 11.5 Å². The lowest BCUT2D eigenvalue weighted by Gasteiger charge is -2.14. The lowest BCUT2D eigenvalue weighted by atomic mass is 10.2. The Morgan fingerprint density at radius 3 is 2.36 bits per heavy atom. The summed E-state index contributed by atoms with van der Waals surface area (Å²) >= 11 is 0. The lowest BCUT2D eigenvalue weighted by molar-refractivity contribution is -0.116. The molecule has 0 spiro atoms. The summed E-state index contributed by atoms with van der Waals surface area (Å²) in [6.07, 6.45) is 0. The number of carbonyl (C=O) groups excluding carboxylic acids is 1. The molecular weight excluding hydrogens is 344 g/mol. The molecule has 8 heteroatoms. The molecule has 2 aromatic rings. The van der Waals surface area contributed by atoms with Crippen molar-refractivity contribution >= 4 is 21.4 Å². The number of anilines is 1. The molecule has 0 fully saturated rings. The van der Waals surface area contributed by atoms with E-state index in [1.165, 1.54) is 38.5 Å².